The molecule has 0 saturated heterocycles. The molecular weight excluding hydrogens is 254 g/mol. The molecule has 0 aliphatic heterocycles. The maximum Gasteiger partial charge on any atom is 0.136 e. The van der Waals surface area contributed by atoms with Crippen molar-refractivity contribution >= 4 is 24.1 Å². The Morgan fingerprint density at radius 2 is 1.84 bits per heavy atom. The second-order valence-corrected chi connectivity index (χ2v) is 4.82. The van der Waals surface area contributed by atoms with E-state index in [2.05, 4.69) is 36.4 Å². The molecule has 2 aromatic rings. The lowest BCUT2D eigenvalue weighted by molar-refractivity contribution is 1.04. The number of anilines is 2. The zero-order valence-electron chi connectivity index (χ0n) is 12.0. The van der Waals surface area contributed by atoms with Crippen molar-refractivity contribution in [1.82, 2.24) is 9.97 Å². The third-order valence-electron chi connectivity index (χ3n) is 2.35. The first-order valence-corrected chi connectivity index (χ1v) is 6.84. The Balaban J connectivity index is 0.000000550. The first-order chi connectivity index (χ1) is 9.08. The summed E-state index contributed by atoms with van der Waals surface area (Å²) in [6.07, 6.45) is 2.83. The van der Waals surface area contributed by atoms with Gasteiger partial charge in [-0.05, 0) is 25.1 Å². The van der Waals surface area contributed by atoms with E-state index in [9.17, 15) is 0 Å². The van der Waals surface area contributed by atoms with Crippen molar-refractivity contribution in [3.8, 4) is 0 Å². The summed E-state index contributed by atoms with van der Waals surface area (Å²) >= 11 is 4.32. The van der Waals surface area contributed by atoms with Gasteiger partial charge in [0.25, 0.3) is 0 Å². The minimum absolute atomic E-state index is 0.881. The summed E-state index contributed by atoms with van der Waals surface area (Å²) in [6.45, 7) is 6.20. The Kier molecular flexibility index (Phi) is 6.36. The Morgan fingerprint density at radius 3 is 2.42 bits per heavy atom. The third kappa shape index (κ3) is 4.91. The highest BCUT2D eigenvalue weighted by Crippen LogP contribution is 2.23. The van der Waals surface area contributed by atoms with Crippen LogP contribution in [0.3, 0.4) is 0 Å². The normalized spacial score (nSPS) is 9.53. The van der Waals surface area contributed by atoms with Gasteiger partial charge in [0.2, 0.25) is 0 Å². The number of aryl methyl sites for hydroxylation is 1. The topological polar surface area (TPSA) is 29.0 Å². The van der Waals surface area contributed by atoms with Crippen molar-refractivity contribution in [1.29, 1.82) is 0 Å². The maximum atomic E-state index is 4.32. The molecule has 3 nitrogen and oxygen atoms in total. The molecule has 0 unspecified atom stereocenters. The molecular formula is C15H21N3S. The summed E-state index contributed by atoms with van der Waals surface area (Å²) in [6, 6.07) is 9.90. The minimum atomic E-state index is 0.881. The molecule has 0 atom stereocenters. The molecule has 0 spiro atoms. The number of benzene rings is 1. The average molecular weight is 275 g/mol. The van der Waals surface area contributed by atoms with E-state index in [1.165, 1.54) is 6.42 Å². The van der Waals surface area contributed by atoms with Crippen LogP contribution in [0.25, 0.3) is 0 Å². The highest BCUT2D eigenvalue weighted by atomic mass is 32.1. The van der Waals surface area contributed by atoms with Crippen LogP contribution < -0.4 is 4.90 Å². The monoisotopic (exact) mass is 275 g/mol. The molecule has 0 saturated carbocycles. The maximum absolute atomic E-state index is 4.32. The van der Waals surface area contributed by atoms with Crippen LogP contribution in [0.4, 0.5) is 11.5 Å². The van der Waals surface area contributed by atoms with Gasteiger partial charge in [0.1, 0.15) is 12.1 Å². The molecule has 0 radical (unpaired) electrons. The molecule has 0 bridgehead atoms. The van der Waals surface area contributed by atoms with Crippen LogP contribution in [0.15, 0.2) is 41.6 Å². The van der Waals surface area contributed by atoms with Crippen molar-refractivity contribution in [2.45, 2.75) is 32.1 Å². The molecule has 19 heavy (non-hydrogen) atoms. The summed E-state index contributed by atoms with van der Waals surface area (Å²) in [5.41, 5.74) is 2.02. The molecule has 102 valence electrons. The predicted octanol–water partition coefficient (Wildman–Crippen LogP) is 4.26. The SMILES string of the molecule is CCC.Cc1cc(N(C)c2cccc(S)c2)ncn1. The summed E-state index contributed by atoms with van der Waals surface area (Å²) < 4.78 is 0. The van der Waals surface area contributed by atoms with E-state index in [-0.39, 0.29) is 0 Å². The van der Waals surface area contributed by atoms with Crippen LogP contribution in [0.5, 0.6) is 0 Å². The molecule has 0 N–H and O–H groups in total. The second kappa shape index (κ2) is 7.79. The van der Waals surface area contributed by atoms with Gasteiger partial charge in [-0.2, -0.15) is 0 Å². The van der Waals surface area contributed by atoms with E-state index in [4.69, 9.17) is 0 Å². The van der Waals surface area contributed by atoms with Crippen molar-refractivity contribution in [3.63, 3.8) is 0 Å². The molecule has 4 heteroatoms. The highest BCUT2D eigenvalue weighted by Gasteiger charge is 2.05. The molecule has 0 aliphatic carbocycles. The number of hydrogen-bond donors (Lipinski definition) is 1. The van der Waals surface area contributed by atoms with Gasteiger partial charge in [0.05, 0.1) is 0 Å². The Morgan fingerprint density at radius 1 is 1.16 bits per heavy atom. The van der Waals surface area contributed by atoms with Gasteiger partial charge >= 0.3 is 0 Å². The quantitative estimate of drug-likeness (QED) is 0.830. The predicted molar refractivity (Wildman–Crippen MR) is 84.5 cm³/mol. The number of rotatable bonds is 2. The van der Waals surface area contributed by atoms with Crippen LogP contribution in [-0.2, 0) is 0 Å². The summed E-state index contributed by atoms with van der Waals surface area (Å²) in [5, 5.41) is 0. The summed E-state index contributed by atoms with van der Waals surface area (Å²) in [7, 11) is 1.98. The van der Waals surface area contributed by atoms with E-state index >= 15 is 0 Å². The van der Waals surface area contributed by atoms with Crippen LogP contribution in [0.2, 0.25) is 0 Å². The second-order valence-electron chi connectivity index (χ2n) is 4.30. The largest absolute Gasteiger partial charge is 0.329 e. The molecule has 2 rings (SSSR count). The Hall–Kier alpha value is -1.55. The van der Waals surface area contributed by atoms with Gasteiger partial charge in [-0.3, -0.25) is 0 Å². The number of aromatic nitrogens is 2. The van der Waals surface area contributed by atoms with Crippen molar-refractivity contribution in [2.24, 2.45) is 0 Å². The first kappa shape index (κ1) is 15.5. The fourth-order valence-electron chi connectivity index (χ4n) is 1.46. The van der Waals surface area contributed by atoms with Gasteiger partial charge < -0.3 is 4.90 Å². The van der Waals surface area contributed by atoms with E-state index in [0.29, 0.717) is 0 Å². The van der Waals surface area contributed by atoms with Gasteiger partial charge in [0.15, 0.2) is 0 Å². The van der Waals surface area contributed by atoms with Gasteiger partial charge in [-0.25, -0.2) is 9.97 Å². The summed E-state index contributed by atoms with van der Waals surface area (Å²) in [5.74, 6) is 0.881. The Bertz CT molecular complexity index is 469. The molecule has 0 aliphatic rings. The van der Waals surface area contributed by atoms with Crippen molar-refractivity contribution < 1.29 is 0 Å². The van der Waals surface area contributed by atoms with Crippen LogP contribution in [-0.4, -0.2) is 17.0 Å². The van der Waals surface area contributed by atoms with E-state index in [1.54, 1.807) is 6.33 Å². The summed E-state index contributed by atoms with van der Waals surface area (Å²) in [4.78, 5) is 11.3. The zero-order valence-corrected chi connectivity index (χ0v) is 12.9. The molecule has 0 amide bonds. The van der Waals surface area contributed by atoms with Crippen molar-refractivity contribution in [2.75, 3.05) is 11.9 Å². The fourth-order valence-corrected chi connectivity index (χ4v) is 1.68. The average Bonchev–Trinajstić information content (AvgIpc) is 2.39. The lowest BCUT2D eigenvalue weighted by atomic mass is 10.3. The number of hydrogen-bond acceptors (Lipinski definition) is 4. The van der Waals surface area contributed by atoms with Gasteiger partial charge in [-0.1, -0.05) is 26.3 Å². The Labute approximate surface area is 121 Å². The highest BCUT2D eigenvalue weighted by molar-refractivity contribution is 7.80. The number of thiol groups is 1. The molecule has 1 aromatic heterocycles. The van der Waals surface area contributed by atoms with E-state index in [1.807, 2.05) is 49.2 Å². The lowest BCUT2D eigenvalue weighted by Crippen LogP contribution is -2.11. The van der Waals surface area contributed by atoms with Gasteiger partial charge in [-0.15, -0.1) is 12.6 Å². The van der Waals surface area contributed by atoms with E-state index in [0.717, 1.165) is 22.1 Å². The molecule has 0 fully saturated rings. The first-order valence-electron chi connectivity index (χ1n) is 6.39. The van der Waals surface area contributed by atoms with E-state index < -0.39 is 0 Å². The van der Waals surface area contributed by atoms with Crippen LogP contribution in [0.1, 0.15) is 26.0 Å². The molecule has 1 aromatic carbocycles. The standard InChI is InChI=1S/C12H13N3S.C3H8/c1-9-6-12(14-8-13-9)15(2)10-4-3-5-11(16)7-10;1-3-2/h3-8,16H,1-2H3;3H2,1-2H3. The van der Waals surface area contributed by atoms with Crippen molar-refractivity contribution in [3.05, 3.63) is 42.4 Å². The fraction of sp³-hybridized carbons (Fsp3) is 0.333. The zero-order chi connectivity index (χ0) is 14.3. The third-order valence-corrected chi connectivity index (χ3v) is 2.63. The van der Waals surface area contributed by atoms with Crippen LogP contribution in [0, 0.1) is 6.92 Å². The van der Waals surface area contributed by atoms with Gasteiger partial charge in [0, 0.05) is 29.4 Å². The molecule has 1 heterocycles. The minimum Gasteiger partial charge on any atom is -0.329 e. The lowest BCUT2D eigenvalue weighted by Gasteiger charge is -2.18. The smallest absolute Gasteiger partial charge is 0.136 e. The van der Waals surface area contributed by atoms with Crippen LogP contribution >= 0.6 is 12.6 Å². The number of nitrogens with zero attached hydrogens (tertiary/aromatic N) is 3.